The summed E-state index contributed by atoms with van der Waals surface area (Å²) >= 11 is 3.53. The second-order valence-corrected chi connectivity index (χ2v) is 4.48. The summed E-state index contributed by atoms with van der Waals surface area (Å²) in [7, 11) is -1.92. The van der Waals surface area contributed by atoms with Gasteiger partial charge in [-0.2, -0.15) is 3.77 Å². The highest BCUT2D eigenvalue weighted by Gasteiger charge is 1.89. The van der Waals surface area contributed by atoms with Crippen LogP contribution in [0.4, 0.5) is 0 Å². The van der Waals surface area contributed by atoms with Gasteiger partial charge in [0.1, 0.15) is 0 Å². The Kier molecular flexibility index (Phi) is 2.68. The van der Waals surface area contributed by atoms with Gasteiger partial charge in [-0.3, -0.25) is 0 Å². The van der Waals surface area contributed by atoms with Gasteiger partial charge in [0.25, 0.3) is 0 Å². The molecule has 1 atom stereocenters. The molecule has 1 unspecified atom stereocenters. The van der Waals surface area contributed by atoms with Crippen LogP contribution in [0, 0.1) is 0 Å². The molecule has 0 aliphatic heterocycles. The Labute approximate surface area is 50.0 Å². The van der Waals surface area contributed by atoms with Gasteiger partial charge in [0, 0.05) is 12.0 Å². The van der Waals surface area contributed by atoms with E-state index in [0.29, 0.717) is 5.75 Å². The van der Waals surface area contributed by atoms with Crippen LogP contribution in [0.15, 0.2) is 3.77 Å². The van der Waals surface area contributed by atoms with E-state index >= 15 is 0 Å². The normalized spacial score (nSPS) is 18.1. The summed E-state index contributed by atoms with van der Waals surface area (Å²) in [5.41, 5.74) is 0. The predicted molar refractivity (Wildman–Crippen MR) is 36.0 cm³/mol. The molecule has 44 valence electrons. The van der Waals surface area contributed by atoms with Crippen LogP contribution in [0.3, 0.4) is 0 Å². The second-order valence-electron chi connectivity index (χ2n) is 1.33. The lowest BCUT2D eigenvalue weighted by atomic mass is 11.0. The molecular formula is C3H9NOS2. The lowest BCUT2D eigenvalue weighted by molar-refractivity contribution is 0.682. The third-order valence-corrected chi connectivity index (χ3v) is 3.16. The number of rotatable bonds is 1. The molecule has 0 spiro atoms. The van der Waals surface area contributed by atoms with Crippen LogP contribution in [-0.4, -0.2) is 16.2 Å². The summed E-state index contributed by atoms with van der Waals surface area (Å²) in [4.78, 5) is 0. The fraction of sp³-hybridized carbons (Fsp3) is 1.00. The van der Waals surface area contributed by atoms with Crippen LogP contribution in [0.1, 0.15) is 6.92 Å². The number of hydrogen-bond donors (Lipinski definition) is 1. The van der Waals surface area contributed by atoms with E-state index < -0.39 is 9.73 Å². The smallest absolute Gasteiger partial charge is 0.0547 e. The van der Waals surface area contributed by atoms with Crippen molar-refractivity contribution in [3.8, 4) is 0 Å². The molecule has 2 nitrogen and oxygen atoms in total. The highest BCUT2D eigenvalue weighted by atomic mass is 32.2. The van der Waals surface area contributed by atoms with Crippen LogP contribution in [-0.2, 0) is 9.73 Å². The maximum Gasteiger partial charge on any atom is 0.0547 e. The van der Waals surface area contributed by atoms with Gasteiger partial charge in [0.2, 0.25) is 0 Å². The minimum atomic E-state index is -1.92. The van der Waals surface area contributed by atoms with Gasteiger partial charge in [-0.1, -0.05) is 6.92 Å². The van der Waals surface area contributed by atoms with Crippen molar-refractivity contribution in [1.82, 2.24) is 0 Å². The standard InChI is InChI=1S/C3H9NOS2/c1-3-7(2,5)4-6/h6H,3H2,1-2H3. The zero-order chi connectivity index (χ0) is 5.91. The summed E-state index contributed by atoms with van der Waals surface area (Å²) in [5.74, 6) is 0.580. The molecule has 0 amide bonds. The Hall–Kier alpha value is 0.300. The molecule has 0 radical (unpaired) electrons. The Morgan fingerprint density at radius 1 is 1.86 bits per heavy atom. The van der Waals surface area contributed by atoms with Gasteiger partial charge in [-0.25, -0.2) is 4.21 Å². The topological polar surface area (TPSA) is 29.4 Å². The zero-order valence-corrected chi connectivity index (χ0v) is 6.13. The summed E-state index contributed by atoms with van der Waals surface area (Å²) < 4.78 is 14.0. The molecule has 0 N–H and O–H groups in total. The molecule has 0 aromatic carbocycles. The van der Waals surface area contributed by atoms with Crippen molar-refractivity contribution in [3.05, 3.63) is 0 Å². The summed E-state index contributed by atoms with van der Waals surface area (Å²) in [5, 5.41) is 0. The maximum atomic E-state index is 10.7. The van der Waals surface area contributed by atoms with Crippen LogP contribution < -0.4 is 0 Å². The molecule has 7 heavy (non-hydrogen) atoms. The van der Waals surface area contributed by atoms with E-state index in [-0.39, 0.29) is 0 Å². The van der Waals surface area contributed by atoms with Crippen molar-refractivity contribution in [2.24, 2.45) is 3.77 Å². The first kappa shape index (κ1) is 7.30. The lowest BCUT2D eigenvalue weighted by Gasteiger charge is -1.90. The van der Waals surface area contributed by atoms with Crippen LogP contribution >= 0.6 is 12.8 Å². The Balaban J connectivity index is 4.17. The molecule has 0 bridgehead atoms. The Morgan fingerprint density at radius 3 is 2.29 bits per heavy atom. The average Bonchev–Trinajstić information content (AvgIpc) is 1.68. The van der Waals surface area contributed by atoms with Crippen LogP contribution in [0.25, 0.3) is 0 Å². The molecular weight excluding hydrogens is 130 g/mol. The number of nitrogens with zero attached hydrogens (tertiary/aromatic N) is 1. The zero-order valence-electron chi connectivity index (χ0n) is 4.42. The quantitative estimate of drug-likeness (QED) is 0.538. The first-order valence-corrected chi connectivity index (χ1v) is 4.45. The fourth-order valence-corrected chi connectivity index (χ4v) is 0.520. The molecule has 0 aromatic rings. The minimum Gasteiger partial charge on any atom is -0.249 e. The van der Waals surface area contributed by atoms with Crippen LogP contribution in [0.5, 0.6) is 0 Å². The maximum absolute atomic E-state index is 10.7. The molecule has 4 heteroatoms. The van der Waals surface area contributed by atoms with Crippen molar-refractivity contribution in [2.45, 2.75) is 6.92 Å². The van der Waals surface area contributed by atoms with Crippen molar-refractivity contribution >= 4 is 22.5 Å². The van der Waals surface area contributed by atoms with E-state index in [1.807, 2.05) is 6.92 Å². The first-order chi connectivity index (χ1) is 3.12. The molecule has 0 saturated carbocycles. The first-order valence-electron chi connectivity index (χ1n) is 1.95. The van der Waals surface area contributed by atoms with Gasteiger partial charge >= 0.3 is 0 Å². The van der Waals surface area contributed by atoms with Crippen molar-refractivity contribution < 1.29 is 4.21 Å². The van der Waals surface area contributed by atoms with Crippen molar-refractivity contribution in [3.63, 3.8) is 0 Å². The van der Waals surface area contributed by atoms with Crippen LogP contribution in [0.2, 0.25) is 0 Å². The van der Waals surface area contributed by atoms with E-state index in [1.54, 1.807) is 6.26 Å². The van der Waals surface area contributed by atoms with E-state index in [0.717, 1.165) is 0 Å². The van der Waals surface area contributed by atoms with Gasteiger partial charge < -0.3 is 0 Å². The summed E-state index contributed by atoms with van der Waals surface area (Å²) in [6.07, 6.45) is 1.58. The predicted octanol–water partition coefficient (Wildman–Crippen LogP) is 0.949. The van der Waals surface area contributed by atoms with Crippen molar-refractivity contribution in [1.29, 1.82) is 0 Å². The van der Waals surface area contributed by atoms with E-state index in [9.17, 15) is 4.21 Å². The summed E-state index contributed by atoms with van der Waals surface area (Å²) in [6.45, 7) is 1.82. The molecule has 0 rings (SSSR count). The Bertz CT molecular complexity index is 145. The fourth-order valence-electron chi connectivity index (χ4n) is 0.0577. The van der Waals surface area contributed by atoms with Gasteiger partial charge in [-0.15, -0.1) is 0 Å². The minimum absolute atomic E-state index is 0.580. The number of thiol groups is 1. The lowest BCUT2D eigenvalue weighted by Crippen LogP contribution is -1.95. The van der Waals surface area contributed by atoms with Gasteiger partial charge in [-0.05, 0) is 12.8 Å². The molecule has 0 saturated heterocycles. The second kappa shape index (κ2) is 2.57. The molecule has 0 aliphatic rings. The van der Waals surface area contributed by atoms with Gasteiger partial charge in [0.05, 0.1) is 9.73 Å². The third-order valence-electron chi connectivity index (χ3n) is 0.708. The molecule has 0 aliphatic carbocycles. The monoisotopic (exact) mass is 139 g/mol. The Morgan fingerprint density at radius 2 is 2.29 bits per heavy atom. The molecule has 0 heterocycles. The average molecular weight is 139 g/mol. The van der Waals surface area contributed by atoms with E-state index in [1.165, 1.54) is 0 Å². The van der Waals surface area contributed by atoms with E-state index in [4.69, 9.17) is 0 Å². The highest BCUT2D eigenvalue weighted by Crippen LogP contribution is 1.90. The van der Waals surface area contributed by atoms with Gasteiger partial charge in [0.15, 0.2) is 0 Å². The SMILES string of the molecule is CCS(C)(=O)=NS. The molecule has 0 aromatic heterocycles. The largest absolute Gasteiger partial charge is 0.249 e. The third kappa shape index (κ3) is 2.93. The highest BCUT2D eigenvalue weighted by molar-refractivity contribution is 7.99. The molecule has 0 fully saturated rings. The van der Waals surface area contributed by atoms with Crippen molar-refractivity contribution in [2.75, 3.05) is 12.0 Å². The van der Waals surface area contributed by atoms with E-state index in [2.05, 4.69) is 16.6 Å². The summed E-state index contributed by atoms with van der Waals surface area (Å²) in [6, 6.07) is 0. The number of hydrogen-bond acceptors (Lipinski definition) is 2.